The minimum absolute atomic E-state index is 0.00341. The Morgan fingerprint density at radius 1 is 0.583 bits per heavy atom. The number of nitrogens with one attached hydrogen (secondary N) is 10. The molecule has 3 saturated heterocycles. The second kappa shape index (κ2) is 44.2. The molecule has 0 radical (unpaired) electrons. The van der Waals surface area contributed by atoms with Gasteiger partial charge < -0.3 is 118 Å². The number of carbonyl (C=O) groups is 14. The summed E-state index contributed by atoms with van der Waals surface area (Å²) in [5, 5.41) is 43.4. The number of aliphatic carboxylic acids is 1. The zero-order chi connectivity index (χ0) is 76.5. The highest BCUT2D eigenvalue weighted by molar-refractivity contribution is 7.98. The zero-order valence-electron chi connectivity index (χ0n) is 59.0. The van der Waals surface area contributed by atoms with Gasteiger partial charge in [0.15, 0.2) is 11.9 Å². The molecule has 0 aliphatic carbocycles. The van der Waals surface area contributed by atoms with Crippen molar-refractivity contribution in [3.05, 3.63) is 18.2 Å². The van der Waals surface area contributed by atoms with Crippen LogP contribution in [0.15, 0.2) is 22.5 Å². The summed E-state index contributed by atoms with van der Waals surface area (Å²) in [7, 11) is 0. The van der Waals surface area contributed by atoms with Gasteiger partial charge in [-0.1, -0.05) is 13.8 Å². The fourth-order valence-electron chi connectivity index (χ4n) is 11.9. The van der Waals surface area contributed by atoms with Crippen molar-refractivity contribution >= 4 is 106 Å². The number of imidazole rings is 1. The number of aliphatic hydroxyl groups excluding tert-OH is 1. The minimum atomic E-state index is -1.78. The van der Waals surface area contributed by atoms with E-state index in [1.807, 2.05) is 6.26 Å². The molecule has 13 amide bonds. The number of aliphatic imine (C=N–C) groups is 2. The van der Waals surface area contributed by atoms with Gasteiger partial charge in [0.2, 0.25) is 76.8 Å². The number of carbonyl (C=O) groups excluding carboxylic acids is 13. The van der Waals surface area contributed by atoms with Crippen LogP contribution >= 0.6 is 11.8 Å². The number of carboxylic acids is 1. The van der Waals surface area contributed by atoms with E-state index in [1.54, 1.807) is 13.8 Å². The molecule has 12 atom stereocenters. The fraction of sp³-hybridized carbons (Fsp3) is 0.698. The standard InChI is InChI=1S/C63H107N23O16S/c1-34(2)28-42(81-52(92)39(13-7-22-72-62(67)68)78-58(98)47-17-11-26-86(47)59(99)40(14-8-23-73-63(69)70)79-50(90)37(65)18-19-48(66)88)53(93)83-44(32-87)55(95)82-43(29-36-30-71-33-75-36)54(94)77-38(12-5-6-21-64)51(91)74-31-49(89)84-24-9-15-45(84)57(97)80-41(20-27-103-4)60(100)85-25-10-16-46(85)56(96)76-35(3)61(101)102/h30,33-35,37-47,87H,5-29,31-32,64-65H2,1-4H3,(H2,66,88)(H,71,75)(H,74,91)(H,76,96)(H,77,94)(H,78,98)(H,79,90)(H,80,97)(H,81,92)(H,82,95)(H,83,93)(H,101,102)(H4,67,68,72)(H4,69,70,73). The lowest BCUT2D eigenvalue weighted by Crippen LogP contribution is -2.61. The molecule has 12 unspecified atom stereocenters. The topological polar surface area (TPSA) is 633 Å². The van der Waals surface area contributed by atoms with Crippen LogP contribution in [0.3, 0.4) is 0 Å². The number of rotatable bonds is 45. The second-order valence-corrected chi connectivity index (χ2v) is 27.0. The lowest BCUT2D eigenvalue weighted by molar-refractivity contribution is -0.145. The minimum Gasteiger partial charge on any atom is -0.480 e. The Bertz CT molecular complexity index is 3120. The number of unbranched alkanes of at least 4 members (excludes halogenated alkanes) is 1. The number of H-pyrrole nitrogens is 1. The van der Waals surface area contributed by atoms with Crippen molar-refractivity contribution in [3.8, 4) is 0 Å². The first kappa shape index (κ1) is 86.0. The predicted molar refractivity (Wildman–Crippen MR) is 377 cm³/mol. The van der Waals surface area contributed by atoms with Crippen molar-refractivity contribution < 1.29 is 77.3 Å². The summed E-state index contributed by atoms with van der Waals surface area (Å²) in [6, 6.07) is -15.4. The van der Waals surface area contributed by atoms with Crippen LogP contribution in [-0.2, 0) is 73.5 Å². The van der Waals surface area contributed by atoms with Gasteiger partial charge in [-0.25, -0.2) is 4.98 Å². The maximum absolute atomic E-state index is 14.5. The van der Waals surface area contributed by atoms with Gasteiger partial charge in [0, 0.05) is 57.5 Å². The number of likely N-dealkylation sites (tertiary alicyclic amines) is 3. The number of hydrogen-bond donors (Lipinski definition) is 19. The summed E-state index contributed by atoms with van der Waals surface area (Å²) in [5.74, 6) is -11.6. The van der Waals surface area contributed by atoms with E-state index in [4.69, 9.17) is 40.1 Å². The molecule has 0 bridgehead atoms. The molecule has 3 aliphatic rings. The summed E-state index contributed by atoms with van der Waals surface area (Å²) in [6.07, 6.45) is 6.78. The number of thioether (sulfide) groups is 1. The average Bonchev–Trinajstić information content (AvgIpc) is 1.73. The van der Waals surface area contributed by atoms with Gasteiger partial charge in [0.25, 0.3) is 0 Å². The number of guanidine groups is 2. The molecular formula is C63H107N23O16S. The van der Waals surface area contributed by atoms with Crippen LogP contribution in [0.4, 0.5) is 0 Å². The van der Waals surface area contributed by atoms with Crippen molar-refractivity contribution in [2.24, 2.45) is 56.0 Å². The van der Waals surface area contributed by atoms with E-state index in [9.17, 15) is 77.3 Å². The molecule has 4 rings (SSSR count). The zero-order valence-corrected chi connectivity index (χ0v) is 59.8. The number of amides is 13. The molecule has 1 aromatic rings. The van der Waals surface area contributed by atoms with Crippen molar-refractivity contribution in [1.82, 2.24) is 72.5 Å². The van der Waals surface area contributed by atoms with Crippen molar-refractivity contribution in [3.63, 3.8) is 0 Å². The number of aromatic nitrogens is 2. The van der Waals surface area contributed by atoms with E-state index >= 15 is 0 Å². The van der Waals surface area contributed by atoms with Crippen LogP contribution in [-0.4, -0.2) is 266 Å². The fourth-order valence-corrected chi connectivity index (χ4v) is 12.4. The van der Waals surface area contributed by atoms with Crippen LogP contribution in [0.2, 0.25) is 0 Å². The molecule has 1 aromatic heterocycles. The molecule has 0 aromatic carbocycles. The first-order chi connectivity index (χ1) is 48.9. The molecule has 39 nitrogen and oxygen atoms in total. The van der Waals surface area contributed by atoms with Crippen molar-refractivity contribution in [2.45, 2.75) is 209 Å². The maximum Gasteiger partial charge on any atom is 0.325 e. The Hall–Kier alpha value is -9.44. The highest BCUT2D eigenvalue weighted by atomic mass is 32.2. The normalized spacial score (nSPS) is 18.2. The average molecular weight is 1470 g/mol. The number of hydrogen-bond acceptors (Lipinski definition) is 21. The third-order valence-corrected chi connectivity index (χ3v) is 18.1. The summed E-state index contributed by atoms with van der Waals surface area (Å²) >= 11 is 1.42. The molecule has 40 heteroatoms. The van der Waals surface area contributed by atoms with Gasteiger partial charge >= 0.3 is 5.97 Å². The highest BCUT2D eigenvalue weighted by Crippen LogP contribution is 2.24. The maximum atomic E-state index is 14.5. The molecule has 26 N–H and O–H groups in total. The van der Waals surface area contributed by atoms with Crippen LogP contribution in [0, 0.1) is 5.92 Å². The SMILES string of the molecule is CSCCC(NC(=O)C1CCCN1C(=O)CNC(=O)C(CCCCN)NC(=O)C(Cc1cnc[nH]1)NC(=O)C(CO)NC(=O)C(CC(C)C)NC(=O)C(CCCN=C(N)N)NC(=O)C1CCCN1C(=O)C(CCCN=C(N)N)NC(=O)C(N)CCC(N)=O)C(=O)N1CCCC1C(=O)NC(C)C(=O)O. The number of aromatic amines is 1. The van der Waals surface area contributed by atoms with Gasteiger partial charge in [-0.2, -0.15) is 11.8 Å². The van der Waals surface area contributed by atoms with Crippen LogP contribution in [0.1, 0.15) is 136 Å². The van der Waals surface area contributed by atoms with Crippen LogP contribution < -0.4 is 88.0 Å². The lowest BCUT2D eigenvalue weighted by atomic mass is 10.0. The quantitative estimate of drug-likeness (QED) is 0.0164. The summed E-state index contributed by atoms with van der Waals surface area (Å²) in [6.45, 7) is 3.80. The van der Waals surface area contributed by atoms with Crippen LogP contribution in [0.25, 0.3) is 0 Å². The van der Waals surface area contributed by atoms with Gasteiger partial charge in [0.05, 0.1) is 25.5 Å². The monoisotopic (exact) mass is 1470 g/mol. The Balaban J connectivity index is 1.50. The third-order valence-electron chi connectivity index (χ3n) is 17.4. The van der Waals surface area contributed by atoms with E-state index in [2.05, 4.69) is 67.8 Å². The summed E-state index contributed by atoms with van der Waals surface area (Å²) in [5.41, 5.74) is 39.5. The summed E-state index contributed by atoms with van der Waals surface area (Å²) < 4.78 is 0. The van der Waals surface area contributed by atoms with Crippen molar-refractivity contribution in [1.29, 1.82) is 0 Å². The molecule has 0 spiro atoms. The Morgan fingerprint density at radius 3 is 1.57 bits per heavy atom. The number of carboxylic acid groups (broad SMARTS) is 1. The number of aliphatic hydroxyl groups is 1. The van der Waals surface area contributed by atoms with E-state index < -0.39 is 168 Å². The smallest absolute Gasteiger partial charge is 0.325 e. The Labute approximate surface area is 601 Å². The Morgan fingerprint density at radius 2 is 1.05 bits per heavy atom. The van der Waals surface area contributed by atoms with Gasteiger partial charge in [-0.15, -0.1) is 0 Å². The summed E-state index contributed by atoms with van der Waals surface area (Å²) in [4.78, 5) is 210. The van der Waals surface area contributed by atoms with E-state index in [-0.39, 0.29) is 141 Å². The van der Waals surface area contributed by atoms with E-state index in [1.165, 1.54) is 45.9 Å². The number of nitrogens with two attached hydrogens (primary N) is 7. The first-order valence-electron chi connectivity index (χ1n) is 34.7. The van der Waals surface area contributed by atoms with E-state index in [0.717, 1.165) is 0 Å². The first-order valence-corrected chi connectivity index (χ1v) is 36.1. The van der Waals surface area contributed by atoms with E-state index in [0.29, 0.717) is 43.6 Å². The lowest BCUT2D eigenvalue weighted by Gasteiger charge is -2.31. The largest absolute Gasteiger partial charge is 0.480 e. The molecule has 3 aliphatic heterocycles. The van der Waals surface area contributed by atoms with Crippen LogP contribution in [0.5, 0.6) is 0 Å². The highest BCUT2D eigenvalue weighted by Gasteiger charge is 2.43. The molecule has 576 valence electrons. The molecule has 103 heavy (non-hydrogen) atoms. The predicted octanol–water partition coefficient (Wildman–Crippen LogP) is -7.36. The second-order valence-electron chi connectivity index (χ2n) is 26.0. The third kappa shape index (κ3) is 28.7. The van der Waals surface area contributed by atoms with Gasteiger partial charge in [-0.05, 0) is 134 Å². The van der Waals surface area contributed by atoms with Crippen molar-refractivity contribution in [2.75, 3.05) is 64.4 Å². The Kier molecular flexibility index (Phi) is 36.9. The van der Waals surface area contributed by atoms with Gasteiger partial charge in [-0.3, -0.25) is 77.1 Å². The molecule has 4 heterocycles. The molecular weight excluding hydrogens is 1370 g/mol. The molecule has 3 fully saturated rings. The number of nitrogens with zero attached hydrogens (tertiary/aromatic N) is 6. The molecule has 0 saturated carbocycles. The van der Waals surface area contributed by atoms with Gasteiger partial charge in [0.1, 0.15) is 66.5 Å². The number of primary amides is 1.